The van der Waals surface area contributed by atoms with Crippen LogP contribution < -0.4 is 0 Å². The summed E-state index contributed by atoms with van der Waals surface area (Å²) in [6.45, 7) is 0. The Morgan fingerprint density at radius 2 is 0.839 bits per heavy atom. The van der Waals surface area contributed by atoms with Crippen molar-refractivity contribution in [3.8, 4) is 73.8 Å². The average molecular weight is 795 g/mol. The van der Waals surface area contributed by atoms with E-state index in [0.29, 0.717) is 23.3 Å². The first-order valence-corrected chi connectivity index (χ1v) is 20.6. The Bertz CT molecular complexity index is 3580. The van der Waals surface area contributed by atoms with Gasteiger partial charge in [-0.05, 0) is 42.5 Å². The molecule has 0 bridgehead atoms. The molecule has 0 N–H and O–H groups in total. The normalized spacial score (nSPS) is 11.5. The summed E-state index contributed by atoms with van der Waals surface area (Å²) < 4.78 is 8.65. The molecule has 4 aromatic heterocycles. The van der Waals surface area contributed by atoms with E-state index in [0.717, 1.165) is 94.2 Å². The zero-order chi connectivity index (χ0) is 41.0. The minimum Gasteiger partial charge on any atom is -0.456 e. The highest BCUT2D eigenvalue weighted by Crippen LogP contribution is 2.42. The highest BCUT2D eigenvalue weighted by atomic mass is 16.3. The van der Waals surface area contributed by atoms with Crippen LogP contribution in [0, 0.1) is 0 Å². The van der Waals surface area contributed by atoms with Crippen LogP contribution in [0.4, 0.5) is 0 Å². The Morgan fingerprint density at radius 1 is 0.323 bits per heavy atom. The molecule has 0 aliphatic rings. The molecule has 7 heteroatoms. The summed E-state index contributed by atoms with van der Waals surface area (Å²) in [5, 5.41) is 4.21. The van der Waals surface area contributed by atoms with Crippen LogP contribution in [0.3, 0.4) is 0 Å². The van der Waals surface area contributed by atoms with E-state index in [1.165, 1.54) is 0 Å². The molecule has 0 amide bonds. The minimum absolute atomic E-state index is 0.583. The maximum absolute atomic E-state index is 6.34. The van der Waals surface area contributed by atoms with Crippen molar-refractivity contribution in [1.82, 2.24) is 29.5 Å². The molecule has 0 saturated heterocycles. The van der Waals surface area contributed by atoms with Gasteiger partial charge in [-0.2, -0.15) is 0 Å². The number of aromatic nitrogens is 6. The summed E-state index contributed by atoms with van der Waals surface area (Å²) in [5.74, 6) is 2.43. The predicted molar refractivity (Wildman–Crippen MR) is 250 cm³/mol. The smallest absolute Gasteiger partial charge is 0.166 e. The van der Waals surface area contributed by atoms with E-state index in [4.69, 9.17) is 29.3 Å². The maximum atomic E-state index is 6.34. The van der Waals surface area contributed by atoms with Crippen molar-refractivity contribution in [1.29, 1.82) is 0 Å². The molecular formula is C55H34N6O. The van der Waals surface area contributed by atoms with Crippen LogP contribution in [-0.2, 0) is 0 Å². The van der Waals surface area contributed by atoms with E-state index in [2.05, 4.69) is 102 Å². The zero-order valence-electron chi connectivity index (χ0n) is 33.2. The minimum atomic E-state index is 0.583. The van der Waals surface area contributed by atoms with Gasteiger partial charge in [-0.25, -0.2) is 24.9 Å². The fourth-order valence-electron chi connectivity index (χ4n) is 8.70. The van der Waals surface area contributed by atoms with Gasteiger partial charge in [-0.15, -0.1) is 0 Å². The molecule has 0 radical (unpaired) electrons. The Balaban J connectivity index is 1.10. The lowest BCUT2D eigenvalue weighted by Crippen LogP contribution is -2.03. The highest BCUT2D eigenvalue weighted by molar-refractivity contribution is 6.16. The fraction of sp³-hybridized carbons (Fsp3) is 0. The van der Waals surface area contributed by atoms with E-state index in [9.17, 15) is 0 Å². The van der Waals surface area contributed by atoms with Crippen molar-refractivity contribution >= 4 is 43.7 Å². The Kier molecular flexibility index (Phi) is 8.35. The molecule has 4 heterocycles. The van der Waals surface area contributed by atoms with E-state index in [1.54, 1.807) is 0 Å². The predicted octanol–water partition coefficient (Wildman–Crippen LogP) is 13.7. The molecule has 0 atom stereocenters. The van der Waals surface area contributed by atoms with Crippen LogP contribution >= 0.6 is 0 Å². The second-order valence-corrected chi connectivity index (χ2v) is 15.2. The van der Waals surface area contributed by atoms with Gasteiger partial charge in [0.25, 0.3) is 0 Å². The molecule has 62 heavy (non-hydrogen) atoms. The van der Waals surface area contributed by atoms with Gasteiger partial charge < -0.3 is 8.98 Å². The number of fused-ring (bicyclic) bond motifs is 6. The van der Waals surface area contributed by atoms with Gasteiger partial charge in [0.2, 0.25) is 0 Å². The second kappa shape index (κ2) is 14.6. The summed E-state index contributed by atoms with van der Waals surface area (Å²) in [4.78, 5) is 26.0. The molecule has 8 aromatic carbocycles. The third-order valence-electron chi connectivity index (χ3n) is 11.5. The number of furan rings is 1. The van der Waals surface area contributed by atoms with Crippen molar-refractivity contribution in [2.45, 2.75) is 0 Å². The molecule has 12 rings (SSSR count). The summed E-state index contributed by atoms with van der Waals surface area (Å²) in [6, 6.07) is 70.2. The Morgan fingerprint density at radius 3 is 1.60 bits per heavy atom. The highest BCUT2D eigenvalue weighted by Gasteiger charge is 2.23. The van der Waals surface area contributed by atoms with Crippen LogP contribution in [0.25, 0.3) is 117 Å². The summed E-state index contributed by atoms with van der Waals surface area (Å²) >= 11 is 0. The lowest BCUT2D eigenvalue weighted by atomic mass is 10.0. The first-order chi connectivity index (χ1) is 30.7. The third-order valence-corrected chi connectivity index (χ3v) is 11.5. The van der Waals surface area contributed by atoms with Crippen LogP contribution in [0.5, 0.6) is 0 Å². The molecule has 0 fully saturated rings. The first-order valence-electron chi connectivity index (χ1n) is 20.6. The van der Waals surface area contributed by atoms with Gasteiger partial charge in [0.05, 0.1) is 28.1 Å². The van der Waals surface area contributed by atoms with E-state index in [-0.39, 0.29) is 0 Å². The maximum Gasteiger partial charge on any atom is 0.166 e. The number of nitrogens with zero attached hydrogens (tertiary/aromatic N) is 6. The van der Waals surface area contributed by atoms with E-state index >= 15 is 0 Å². The summed E-state index contributed by atoms with van der Waals surface area (Å²) in [5.41, 5.74) is 11.9. The number of rotatable bonds is 7. The standard InChI is InChI=1S/C55H34N6O/c1-4-18-35(19-5-1)43-34-44(38-27-17-33-49-51(38)41-26-12-15-32-48(41)62-49)57-55(56-43)42-28-16-31-47-50(42)39-24-10-13-29-45(39)61(47)46-30-14-11-25-40(46)54-59-52(36-20-6-2-7-21-36)58-53(60-54)37-22-8-3-9-23-37/h1-34H. The van der Waals surface area contributed by atoms with Crippen molar-refractivity contribution in [3.63, 3.8) is 0 Å². The van der Waals surface area contributed by atoms with E-state index < -0.39 is 0 Å². The van der Waals surface area contributed by atoms with E-state index in [1.807, 2.05) is 109 Å². The quantitative estimate of drug-likeness (QED) is 0.160. The number of hydrogen-bond donors (Lipinski definition) is 0. The lowest BCUT2D eigenvalue weighted by Gasteiger charge is -2.15. The summed E-state index contributed by atoms with van der Waals surface area (Å²) in [6.07, 6.45) is 0. The SMILES string of the molecule is c1ccc(-c2cc(-c3cccc4oc5ccccc5c34)nc(-c3cccc4c3c3ccccc3n4-c3ccccc3-c3nc(-c4ccccc4)nc(-c4ccccc4)n3)n2)cc1. The average Bonchev–Trinajstić information content (AvgIpc) is 3.91. The monoisotopic (exact) mass is 794 g/mol. The van der Waals surface area contributed by atoms with Gasteiger partial charge in [0.15, 0.2) is 23.3 Å². The number of hydrogen-bond acceptors (Lipinski definition) is 6. The number of benzene rings is 8. The van der Waals surface area contributed by atoms with Gasteiger partial charge in [0.1, 0.15) is 11.2 Å². The molecular weight excluding hydrogens is 761 g/mol. The van der Waals surface area contributed by atoms with Crippen LogP contribution in [0.15, 0.2) is 211 Å². The van der Waals surface area contributed by atoms with Gasteiger partial charge in [-0.3, -0.25) is 0 Å². The Hall–Kier alpha value is -8.55. The zero-order valence-corrected chi connectivity index (χ0v) is 33.2. The molecule has 0 aliphatic carbocycles. The number of para-hydroxylation sites is 3. The third kappa shape index (κ3) is 5.94. The molecule has 0 spiro atoms. The molecule has 290 valence electrons. The van der Waals surface area contributed by atoms with Gasteiger partial charge in [0, 0.05) is 54.9 Å². The molecule has 7 nitrogen and oxygen atoms in total. The lowest BCUT2D eigenvalue weighted by molar-refractivity contribution is 0.669. The summed E-state index contributed by atoms with van der Waals surface area (Å²) in [7, 11) is 0. The van der Waals surface area contributed by atoms with Crippen LogP contribution in [-0.4, -0.2) is 29.5 Å². The first kappa shape index (κ1) is 35.4. The Labute approximate surface area is 356 Å². The van der Waals surface area contributed by atoms with Crippen LogP contribution in [0.2, 0.25) is 0 Å². The second-order valence-electron chi connectivity index (χ2n) is 15.2. The fourth-order valence-corrected chi connectivity index (χ4v) is 8.70. The van der Waals surface area contributed by atoms with Crippen molar-refractivity contribution in [2.75, 3.05) is 0 Å². The van der Waals surface area contributed by atoms with Crippen LogP contribution in [0.1, 0.15) is 0 Å². The van der Waals surface area contributed by atoms with Crippen molar-refractivity contribution in [3.05, 3.63) is 206 Å². The molecule has 0 saturated carbocycles. The molecule has 0 aliphatic heterocycles. The molecule has 0 unspecified atom stereocenters. The van der Waals surface area contributed by atoms with Crippen molar-refractivity contribution < 1.29 is 4.42 Å². The van der Waals surface area contributed by atoms with Crippen molar-refractivity contribution in [2.24, 2.45) is 0 Å². The topological polar surface area (TPSA) is 82.5 Å². The molecule has 12 aromatic rings. The van der Waals surface area contributed by atoms with Gasteiger partial charge >= 0.3 is 0 Å². The largest absolute Gasteiger partial charge is 0.456 e. The van der Waals surface area contributed by atoms with Gasteiger partial charge in [-0.1, -0.05) is 164 Å².